The molecule has 1 rings (SSSR count). The van der Waals surface area contributed by atoms with E-state index in [0.29, 0.717) is 5.69 Å². The van der Waals surface area contributed by atoms with Gasteiger partial charge in [-0.3, -0.25) is 4.79 Å². The summed E-state index contributed by atoms with van der Waals surface area (Å²) in [5, 5.41) is 11.3. The van der Waals surface area contributed by atoms with Gasteiger partial charge in [-0.15, -0.1) is 0 Å². The SMILES string of the molecule is CS(=O)(=O)CCCC(=O)Nc1cccc(C(=O)O)c1. The maximum Gasteiger partial charge on any atom is 0.335 e. The van der Waals surface area contributed by atoms with E-state index in [1.807, 2.05) is 0 Å². The van der Waals surface area contributed by atoms with Crippen LogP contribution in [0.5, 0.6) is 0 Å². The molecule has 19 heavy (non-hydrogen) atoms. The lowest BCUT2D eigenvalue weighted by Gasteiger charge is -2.05. The van der Waals surface area contributed by atoms with Gasteiger partial charge in [-0.05, 0) is 24.6 Å². The lowest BCUT2D eigenvalue weighted by atomic mass is 10.2. The summed E-state index contributed by atoms with van der Waals surface area (Å²) < 4.78 is 21.8. The van der Waals surface area contributed by atoms with E-state index < -0.39 is 15.8 Å². The molecule has 0 bridgehead atoms. The summed E-state index contributed by atoms with van der Waals surface area (Å²) in [7, 11) is -3.07. The zero-order valence-electron chi connectivity index (χ0n) is 10.4. The van der Waals surface area contributed by atoms with Crippen LogP contribution in [0.1, 0.15) is 23.2 Å². The average molecular weight is 285 g/mol. The van der Waals surface area contributed by atoms with Crippen LogP contribution < -0.4 is 5.32 Å². The number of anilines is 1. The second-order valence-electron chi connectivity index (χ2n) is 4.17. The lowest BCUT2D eigenvalue weighted by Crippen LogP contribution is -2.14. The molecular weight excluding hydrogens is 270 g/mol. The molecule has 0 spiro atoms. The van der Waals surface area contributed by atoms with E-state index in [-0.39, 0.29) is 30.1 Å². The summed E-state index contributed by atoms with van der Waals surface area (Å²) in [6.07, 6.45) is 1.43. The number of nitrogens with one attached hydrogen (secondary N) is 1. The van der Waals surface area contributed by atoms with E-state index in [1.165, 1.54) is 18.2 Å². The van der Waals surface area contributed by atoms with Crippen molar-refractivity contribution in [3.05, 3.63) is 29.8 Å². The first-order chi connectivity index (χ1) is 8.78. The van der Waals surface area contributed by atoms with Gasteiger partial charge in [-0.25, -0.2) is 13.2 Å². The molecule has 6 nitrogen and oxygen atoms in total. The third-order valence-corrected chi connectivity index (χ3v) is 3.34. The molecule has 104 valence electrons. The Labute approximate surface area is 111 Å². The molecule has 0 atom stereocenters. The fourth-order valence-electron chi connectivity index (χ4n) is 1.45. The molecule has 0 heterocycles. The number of carbonyl (C=O) groups excluding carboxylic acids is 1. The van der Waals surface area contributed by atoms with Gasteiger partial charge in [0, 0.05) is 18.4 Å². The number of carbonyl (C=O) groups is 2. The zero-order valence-corrected chi connectivity index (χ0v) is 11.2. The Bertz CT molecular complexity index is 580. The Balaban J connectivity index is 2.53. The van der Waals surface area contributed by atoms with E-state index >= 15 is 0 Å². The first-order valence-corrected chi connectivity index (χ1v) is 7.65. The predicted octanol–water partition coefficient (Wildman–Crippen LogP) is 1.15. The molecule has 7 heteroatoms. The Kier molecular flexibility index (Phi) is 5.05. The van der Waals surface area contributed by atoms with E-state index in [0.717, 1.165) is 6.26 Å². The van der Waals surface area contributed by atoms with Crippen molar-refractivity contribution in [3.63, 3.8) is 0 Å². The molecule has 1 amide bonds. The molecule has 0 fully saturated rings. The third-order valence-electron chi connectivity index (χ3n) is 2.31. The molecule has 1 aromatic rings. The topological polar surface area (TPSA) is 101 Å². The van der Waals surface area contributed by atoms with E-state index in [9.17, 15) is 18.0 Å². The lowest BCUT2D eigenvalue weighted by molar-refractivity contribution is -0.116. The minimum atomic E-state index is -3.07. The number of benzene rings is 1. The van der Waals surface area contributed by atoms with Gasteiger partial charge in [-0.2, -0.15) is 0 Å². The average Bonchev–Trinajstić information content (AvgIpc) is 2.27. The van der Waals surface area contributed by atoms with Crippen LogP contribution in [0.15, 0.2) is 24.3 Å². The van der Waals surface area contributed by atoms with Crippen LogP contribution >= 0.6 is 0 Å². The van der Waals surface area contributed by atoms with Crippen molar-refractivity contribution < 1.29 is 23.1 Å². The minimum Gasteiger partial charge on any atom is -0.478 e. The van der Waals surface area contributed by atoms with Crippen LogP contribution in [0.25, 0.3) is 0 Å². The number of carboxylic acids is 1. The summed E-state index contributed by atoms with van der Waals surface area (Å²) >= 11 is 0. The Morgan fingerprint density at radius 2 is 2.00 bits per heavy atom. The summed E-state index contributed by atoms with van der Waals surface area (Å²) in [6.45, 7) is 0. The van der Waals surface area contributed by atoms with Crippen molar-refractivity contribution in [2.45, 2.75) is 12.8 Å². The highest BCUT2D eigenvalue weighted by molar-refractivity contribution is 7.90. The van der Waals surface area contributed by atoms with Gasteiger partial charge in [0.05, 0.1) is 11.3 Å². The molecular formula is C12H15NO5S. The monoisotopic (exact) mass is 285 g/mol. The maximum absolute atomic E-state index is 11.5. The zero-order chi connectivity index (χ0) is 14.5. The Morgan fingerprint density at radius 3 is 2.58 bits per heavy atom. The van der Waals surface area contributed by atoms with E-state index in [4.69, 9.17) is 5.11 Å². The first kappa shape index (κ1) is 15.2. The fraction of sp³-hybridized carbons (Fsp3) is 0.333. The molecule has 0 saturated carbocycles. The third kappa shape index (κ3) is 6.01. The van der Waals surface area contributed by atoms with Gasteiger partial charge in [0.2, 0.25) is 5.91 Å². The minimum absolute atomic E-state index is 0.0460. The molecule has 0 aromatic heterocycles. The van der Waals surface area contributed by atoms with Crippen LogP contribution in [0, 0.1) is 0 Å². The number of rotatable bonds is 6. The number of sulfone groups is 1. The van der Waals surface area contributed by atoms with Gasteiger partial charge in [-0.1, -0.05) is 6.07 Å². The number of aromatic carboxylic acids is 1. The summed E-state index contributed by atoms with van der Waals surface area (Å²) in [6, 6.07) is 5.86. The number of hydrogen-bond acceptors (Lipinski definition) is 4. The summed E-state index contributed by atoms with van der Waals surface area (Å²) in [4.78, 5) is 22.3. The molecule has 0 aliphatic rings. The van der Waals surface area contributed by atoms with Crippen molar-refractivity contribution >= 4 is 27.4 Å². The highest BCUT2D eigenvalue weighted by Crippen LogP contribution is 2.11. The van der Waals surface area contributed by atoms with Gasteiger partial charge >= 0.3 is 5.97 Å². The fourth-order valence-corrected chi connectivity index (χ4v) is 2.12. The molecule has 0 saturated heterocycles. The molecule has 0 aliphatic carbocycles. The van der Waals surface area contributed by atoms with Gasteiger partial charge < -0.3 is 10.4 Å². The van der Waals surface area contributed by atoms with Crippen molar-refractivity contribution in [2.75, 3.05) is 17.3 Å². The number of hydrogen-bond donors (Lipinski definition) is 2. The van der Waals surface area contributed by atoms with Crippen molar-refractivity contribution in [2.24, 2.45) is 0 Å². The molecule has 1 aromatic carbocycles. The van der Waals surface area contributed by atoms with Crippen LogP contribution in [0.4, 0.5) is 5.69 Å². The highest BCUT2D eigenvalue weighted by Gasteiger charge is 2.08. The second kappa shape index (κ2) is 6.33. The highest BCUT2D eigenvalue weighted by atomic mass is 32.2. The van der Waals surface area contributed by atoms with E-state index in [1.54, 1.807) is 6.07 Å². The standard InChI is InChI=1S/C12H15NO5S/c1-19(17,18)7-3-6-11(14)13-10-5-2-4-9(8-10)12(15)16/h2,4-5,8H,3,6-7H2,1H3,(H,13,14)(H,15,16). The van der Waals surface area contributed by atoms with Crippen molar-refractivity contribution in [1.82, 2.24) is 0 Å². The Hall–Kier alpha value is -1.89. The quantitative estimate of drug-likeness (QED) is 0.816. The molecule has 0 radical (unpaired) electrons. The second-order valence-corrected chi connectivity index (χ2v) is 6.43. The van der Waals surface area contributed by atoms with Gasteiger partial charge in [0.15, 0.2) is 0 Å². The van der Waals surface area contributed by atoms with Crippen molar-refractivity contribution in [1.29, 1.82) is 0 Å². The summed E-state index contributed by atoms with van der Waals surface area (Å²) in [5.41, 5.74) is 0.457. The van der Waals surface area contributed by atoms with Gasteiger partial charge in [0.25, 0.3) is 0 Å². The number of carboxylic acid groups (broad SMARTS) is 1. The molecule has 0 unspecified atom stereocenters. The maximum atomic E-state index is 11.5. The van der Waals surface area contributed by atoms with Gasteiger partial charge in [0.1, 0.15) is 9.84 Å². The van der Waals surface area contributed by atoms with Crippen LogP contribution in [-0.2, 0) is 14.6 Å². The van der Waals surface area contributed by atoms with Crippen LogP contribution in [0.2, 0.25) is 0 Å². The predicted molar refractivity (Wildman–Crippen MR) is 71.0 cm³/mol. The largest absolute Gasteiger partial charge is 0.478 e. The van der Waals surface area contributed by atoms with Crippen LogP contribution in [0.3, 0.4) is 0 Å². The molecule has 2 N–H and O–H groups in total. The first-order valence-electron chi connectivity index (χ1n) is 5.59. The number of amides is 1. The van der Waals surface area contributed by atoms with Crippen molar-refractivity contribution in [3.8, 4) is 0 Å². The summed E-state index contributed by atoms with van der Waals surface area (Å²) in [5.74, 6) is -1.46. The Morgan fingerprint density at radius 1 is 1.32 bits per heavy atom. The normalized spacial score (nSPS) is 11.0. The van der Waals surface area contributed by atoms with E-state index in [2.05, 4.69) is 5.32 Å². The van der Waals surface area contributed by atoms with Crippen LogP contribution in [-0.4, -0.2) is 37.4 Å². The smallest absolute Gasteiger partial charge is 0.335 e. The molecule has 0 aliphatic heterocycles.